The van der Waals surface area contributed by atoms with Crippen LogP contribution in [-0.2, 0) is 13.6 Å². The second-order valence-corrected chi connectivity index (χ2v) is 6.15. The number of imidazole rings is 1. The molecule has 1 aromatic carbocycles. The van der Waals surface area contributed by atoms with Gasteiger partial charge in [-0.05, 0) is 30.4 Å². The van der Waals surface area contributed by atoms with E-state index in [2.05, 4.69) is 20.8 Å². The van der Waals surface area contributed by atoms with Crippen LogP contribution in [0.5, 0.6) is 0 Å². The molecule has 0 aliphatic heterocycles. The first kappa shape index (κ1) is 12.9. The van der Waals surface area contributed by atoms with Crippen molar-refractivity contribution in [3.05, 3.63) is 34.7 Å². The molecule has 0 bridgehead atoms. The minimum Gasteiger partial charge on any atom is -0.295 e. The number of nitrogens with zero attached hydrogens (tertiary/aromatic N) is 2. The maximum absolute atomic E-state index is 12.2. The zero-order chi connectivity index (χ0) is 13.3. The Balaban J connectivity index is 2.28. The molecule has 0 amide bonds. The molecular formula is C15H22N2O. The standard InChI is InChI=1S/C15H22N2O/c1-15(2,3)10-7-11-17-13-9-6-5-8-12(13)16(4)14(17)18/h5-6,8-9H,7,10-11H2,1-4H3. The first-order valence-electron chi connectivity index (χ1n) is 6.54. The molecule has 2 rings (SSSR count). The molecule has 3 nitrogen and oxygen atoms in total. The Morgan fingerprint density at radius 2 is 1.72 bits per heavy atom. The fourth-order valence-electron chi connectivity index (χ4n) is 2.35. The minimum atomic E-state index is 0.0881. The lowest BCUT2D eigenvalue weighted by Gasteiger charge is -2.17. The number of benzene rings is 1. The van der Waals surface area contributed by atoms with Gasteiger partial charge in [-0.15, -0.1) is 0 Å². The van der Waals surface area contributed by atoms with E-state index in [1.807, 2.05) is 35.9 Å². The van der Waals surface area contributed by atoms with Crippen LogP contribution in [0.15, 0.2) is 29.1 Å². The summed E-state index contributed by atoms with van der Waals surface area (Å²) in [5.41, 5.74) is 2.47. The van der Waals surface area contributed by atoms with Crippen LogP contribution in [0, 0.1) is 5.41 Å². The van der Waals surface area contributed by atoms with Crippen LogP contribution in [0.25, 0.3) is 11.0 Å². The van der Waals surface area contributed by atoms with Crippen LogP contribution in [0.4, 0.5) is 0 Å². The normalized spacial score (nSPS) is 12.2. The van der Waals surface area contributed by atoms with E-state index in [-0.39, 0.29) is 5.69 Å². The Labute approximate surface area is 108 Å². The molecule has 0 spiro atoms. The lowest BCUT2D eigenvalue weighted by atomic mass is 9.91. The molecule has 98 valence electrons. The van der Waals surface area contributed by atoms with Crippen molar-refractivity contribution in [3.63, 3.8) is 0 Å². The van der Waals surface area contributed by atoms with Crippen molar-refractivity contribution in [3.8, 4) is 0 Å². The van der Waals surface area contributed by atoms with Gasteiger partial charge in [0.15, 0.2) is 0 Å². The van der Waals surface area contributed by atoms with Gasteiger partial charge >= 0.3 is 5.69 Å². The zero-order valence-corrected chi connectivity index (χ0v) is 11.7. The van der Waals surface area contributed by atoms with Gasteiger partial charge in [0.25, 0.3) is 0 Å². The topological polar surface area (TPSA) is 26.9 Å². The lowest BCUT2D eigenvalue weighted by Crippen LogP contribution is -2.22. The van der Waals surface area contributed by atoms with Gasteiger partial charge in [0.05, 0.1) is 11.0 Å². The predicted molar refractivity (Wildman–Crippen MR) is 75.9 cm³/mol. The third kappa shape index (κ3) is 2.50. The molecule has 0 aliphatic carbocycles. The van der Waals surface area contributed by atoms with Gasteiger partial charge in [0.2, 0.25) is 0 Å². The van der Waals surface area contributed by atoms with Crippen molar-refractivity contribution in [2.45, 2.75) is 40.2 Å². The SMILES string of the molecule is Cn1c(=O)n(CCCC(C)(C)C)c2ccccc21. The second-order valence-electron chi connectivity index (χ2n) is 6.15. The molecule has 2 aromatic rings. The van der Waals surface area contributed by atoms with Crippen molar-refractivity contribution in [2.75, 3.05) is 0 Å². The van der Waals surface area contributed by atoms with E-state index in [4.69, 9.17) is 0 Å². The molecule has 0 unspecified atom stereocenters. The Morgan fingerprint density at radius 1 is 1.11 bits per heavy atom. The molecule has 0 fully saturated rings. The molecule has 1 aromatic heterocycles. The highest BCUT2D eigenvalue weighted by atomic mass is 16.1. The summed E-state index contributed by atoms with van der Waals surface area (Å²) in [7, 11) is 1.84. The van der Waals surface area contributed by atoms with Crippen molar-refractivity contribution >= 4 is 11.0 Å². The van der Waals surface area contributed by atoms with E-state index in [9.17, 15) is 4.79 Å². The summed E-state index contributed by atoms with van der Waals surface area (Å²) in [5, 5.41) is 0. The number of hydrogen-bond donors (Lipinski definition) is 0. The highest BCUT2D eigenvalue weighted by Crippen LogP contribution is 2.21. The summed E-state index contributed by atoms with van der Waals surface area (Å²) in [6.07, 6.45) is 2.17. The highest BCUT2D eigenvalue weighted by molar-refractivity contribution is 5.75. The third-order valence-corrected chi connectivity index (χ3v) is 3.36. The number of fused-ring (bicyclic) bond motifs is 1. The molecule has 0 atom stereocenters. The Kier molecular flexibility index (Phi) is 3.33. The van der Waals surface area contributed by atoms with Crippen LogP contribution >= 0.6 is 0 Å². The van der Waals surface area contributed by atoms with Crippen molar-refractivity contribution < 1.29 is 0 Å². The first-order chi connectivity index (χ1) is 8.40. The fraction of sp³-hybridized carbons (Fsp3) is 0.533. The van der Waals surface area contributed by atoms with Crippen molar-refractivity contribution in [1.29, 1.82) is 0 Å². The fourth-order valence-corrected chi connectivity index (χ4v) is 2.35. The average Bonchev–Trinajstić information content (AvgIpc) is 2.53. The van der Waals surface area contributed by atoms with Crippen LogP contribution in [-0.4, -0.2) is 9.13 Å². The summed E-state index contributed by atoms with van der Waals surface area (Å²) in [6, 6.07) is 7.98. The maximum atomic E-state index is 12.2. The van der Waals surface area contributed by atoms with Gasteiger partial charge in [-0.1, -0.05) is 32.9 Å². The number of aromatic nitrogens is 2. The molecule has 0 aliphatic rings. The zero-order valence-electron chi connectivity index (χ0n) is 11.7. The van der Waals surface area contributed by atoms with E-state index in [1.54, 1.807) is 4.57 Å². The number of aryl methyl sites for hydroxylation is 2. The van der Waals surface area contributed by atoms with E-state index >= 15 is 0 Å². The van der Waals surface area contributed by atoms with E-state index < -0.39 is 0 Å². The molecule has 1 heterocycles. The van der Waals surface area contributed by atoms with E-state index in [0.29, 0.717) is 5.41 Å². The minimum absolute atomic E-state index is 0.0881. The number of hydrogen-bond acceptors (Lipinski definition) is 1. The largest absolute Gasteiger partial charge is 0.328 e. The average molecular weight is 246 g/mol. The Bertz CT molecular complexity index is 599. The van der Waals surface area contributed by atoms with Gasteiger partial charge in [-0.25, -0.2) is 4.79 Å². The second kappa shape index (κ2) is 4.63. The highest BCUT2D eigenvalue weighted by Gasteiger charge is 2.12. The first-order valence-corrected chi connectivity index (χ1v) is 6.54. The monoisotopic (exact) mass is 246 g/mol. The number of rotatable bonds is 3. The van der Waals surface area contributed by atoms with Crippen LogP contribution in [0.2, 0.25) is 0 Å². The van der Waals surface area contributed by atoms with Crippen LogP contribution in [0.1, 0.15) is 33.6 Å². The van der Waals surface area contributed by atoms with Gasteiger partial charge in [0, 0.05) is 13.6 Å². The van der Waals surface area contributed by atoms with Gasteiger partial charge < -0.3 is 0 Å². The molecule has 3 heteroatoms. The van der Waals surface area contributed by atoms with E-state index in [1.165, 1.54) is 0 Å². The van der Waals surface area contributed by atoms with Crippen molar-refractivity contribution in [2.24, 2.45) is 12.5 Å². The molecule has 18 heavy (non-hydrogen) atoms. The Morgan fingerprint density at radius 3 is 2.33 bits per heavy atom. The summed E-state index contributed by atoms with van der Waals surface area (Å²) in [6.45, 7) is 7.51. The van der Waals surface area contributed by atoms with Crippen molar-refractivity contribution in [1.82, 2.24) is 9.13 Å². The number of para-hydroxylation sites is 2. The smallest absolute Gasteiger partial charge is 0.295 e. The molecule has 0 saturated heterocycles. The summed E-state index contributed by atoms with van der Waals surface area (Å²) >= 11 is 0. The summed E-state index contributed by atoms with van der Waals surface area (Å²) in [4.78, 5) is 12.2. The quantitative estimate of drug-likeness (QED) is 0.817. The summed E-state index contributed by atoms with van der Waals surface area (Å²) < 4.78 is 3.62. The molecule has 0 N–H and O–H groups in total. The van der Waals surface area contributed by atoms with E-state index in [0.717, 1.165) is 30.4 Å². The van der Waals surface area contributed by atoms with Crippen LogP contribution in [0.3, 0.4) is 0 Å². The van der Waals surface area contributed by atoms with Gasteiger partial charge in [0.1, 0.15) is 0 Å². The lowest BCUT2D eigenvalue weighted by molar-refractivity contribution is 0.353. The predicted octanol–water partition coefficient (Wildman–Crippen LogP) is 3.17. The Hall–Kier alpha value is -1.51. The molecular weight excluding hydrogens is 224 g/mol. The summed E-state index contributed by atoms with van der Waals surface area (Å²) in [5.74, 6) is 0. The molecule has 0 saturated carbocycles. The third-order valence-electron chi connectivity index (χ3n) is 3.36. The molecule has 0 radical (unpaired) electrons. The van der Waals surface area contributed by atoms with Crippen LogP contribution < -0.4 is 5.69 Å². The maximum Gasteiger partial charge on any atom is 0.328 e. The van der Waals surface area contributed by atoms with Gasteiger partial charge in [-0.2, -0.15) is 0 Å². The van der Waals surface area contributed by atoms with Gasteiger partial charge in [-0.3, -0.25) is 9.13 Å².